The second kappa shape index (κ2) is 8.12. The Labute approximate surface area is 187 Å². The molecule has 1 N–H and O–H groups in total. The number of nitrogens with zero attached hydrogens (tertiary/aromatic N) is 3. The first-order valence-electron chi connectivity index (χ1n) is 10.1. The Hall–Kier alpha value is -4.66. The summed E-state index contributed by atoms with van der Waals surface area (Å²) in [6.45, 7) is 0.206. The number of hydrogen-bond donors (Lipinski definition) is 1. The Morgan fingerprint density at radius 3 is 2.70 bits per heavy atom. The zero-order valence-electron chi connectivity index (χ0n) is 17.5. The van der Waals surface area contributed by atoms with Gasteiger partial charge in [0.05, 0.1) is 24.3 Å². The fraction of sp³-hybridized carbons (Fsp3) is 0.0833. The van der Waals surface area contributed by atoms with E-state index in [0.29, 0.717) is 28.1 Å². The van der Waals surface area contributed by atoms with Crippen molar-refractivity contribution in [1.82, 2.24) is 9.78 Å². The lowest BCUT2D eigenvalue weighted by atomic mass is 10.1. The summed E-state index contributed by atoms with van der Waals surface area (Å²) >= 11 is 0. The number of aromatic nitrogens is 2. The minimum atomic E-state index is -0.511. The third kappa shape index (κ3) is 3.76. The maximum atomic E-state index is 13.2. The first-order chi connectivity index (χ1) is 16.0. The van der Waals surface area contributed by atoms with E-state index in [1.807, 2.05) is 30.3 Å². The number of para-hydroxylation sites is 1. The number of hydrogen-bond acceptors (Lipinski definition) is 6. The van der Waals surface area contributed by atoms with Crippen LogP contribution < -0.4 is 10.1 Å². The standard InChI is InChI=1S/C24H18N4O5/c1-32-23-10-19-18-8-4-5-9-21(18)33-22(19)11-20(23)26-24(29)17-7-3-2-6-15(17)13-27-14-16(12-25-27)28(30)31/h2-12,14H,13H2,1H3,(H,26,29). The highest BCUT2D eigenvalue weighted by Crippen LogP contribution is 2.36. The van der Waals surface area contributed by atoms with Gasteiger partial charge in [-0.2, -0.15) is 5.10 Å². The molecule has 2 aromatic heterocycles. The molecule has 33 heavy (non-hydrogen) atoms. The summed E-state index contributed by atoms with van der Waals surface area (Å²) in [5, 5.41) is 19.7. The van der Waals surface area contributed by atoms with Crippen LogP contribution in [0.4, 0.5) is 11.4 Å². The molecule has 0 fully saturated rings. The average molecular weight is 442 g/mol. The number of rotatable bonds is 6. The summed E-state index contributed by atoms with van der Waals surface area (Å²) in [5.74, 6) is 0.156. The van der Waals surface area contributed by atoms with E-state index < -0.39 is 4.92 Å². The van der Waals surface area contributed by atoms with Crippen LogP contribution in [0, 0.1) is 10.1 Å². The molecule has 0 aliphatic heterocycles. The van der Waals surface area contributed by atoms with Crippen molar-refractivity contribution < 1.29 is 18.9 Å². The van der Waals surface area contributed by atoms with Crippen molar-refractivity contribution in [2.24, 2.45) is 0 Å². The molecule has 5 aromatic rings. The van der Waals surface area contributed by atoms with Crippen molar-refractivity contribution in [3.63, 3.8) is 0 Å². The molecule has 0 spiro atoms. The molecule has 9 heteroatoms. The van der Waals surface area contributed by atoms with Gasteiger partial charge in [0.25, 0.3) is 5.91 Å². The highest BCUT2D eigenvalue weighted by atomic mass is 16.6. The normalized spacial score (nSPS) is 11.1. The number of furan rings is 1. The number of fused-ring (bicyclic) bond motifs is 3. The van der Waals surface area contributed by atoms with Crippen LogP contribution in [-0.2, 0) is 6.54 Å². The maximum Gasteiger partial charge on any atom is 0.307 e. The molecule has 0 saturated carbocycles. The van der Waals surface area contributed by atoms with E-state index in [2.05, 4.69) is 10.4 Å². The number of anilines is 1. The quantitative estimate of drug-likeness (QED) is 0.292. The van der Waals surface area contributed by atoms with Gasteiger partial charge in [-0.3, -0.25) is 19.6 Å². The lowest BCUT2D eigenvalue weighted by Crippen LogP contribution is -2.16. The van der Waals surface area contributed by atoms with Crippen LogP contribution in [0.2, 0.25) is 0 Å². The van der Waals surface area contributed by atoms with Crippen LogP contribution in [0.1, 0.15) is 15.9 Å². The molecule has 0 aliphatic rings. The molecule has 2 heterocycles. The van der Waals surface area contributed by atoms with Gasteiger partial charge in [-0.1, -0.05) is 36.4 Å². The molecule has 1 amide bonds. The fourth-order valence-electron chi connectivity index (χ4n) is 3.80. The third-order valence-electron chi connectivity index (χ3n) is 5.37. The van der Waals surface area contributed by atoms with Gasteiger partial charge >= 0.3 is 5.69 Å². The van der Waals surface area contributed by atoms with Gasteiger partial charge in [0.15, 0.2) is 0 Å². The smallest absolute Gasteiger partial charge is 0.307 e. The molecule has 0 saturated heterocycles. The summed E-state index contributed by atoms with van der Waals surface area (Å²) < 4.78 is 12.9. The molecule has 0 aliphatic carbocycles. The molecule has 0 atom stereocenters. The number of nitro groups is 1. The number of amides is 1. The van der Waals surface area contributed by atoms with Crippen LogP contribution in [0.15, 0.2) is 77.5 Å². The van der Waals surface area contributed by atoms with Crippen LogP contribution in [0.25, 0.3) is 21.9 Å². The fourth-order valence-corrected chi connectivity index (χ4v) is 3.80. The Morgan fingerprint density at radius 1 is 1.12 bits per heavy atom. The number of nitrogens with one attached hydrogen (secondary N) is 1. The van der Waals surface area contributed by atoms with E-state index >= 15 is 0 Å². The van der Waals surface area contributed by atoms with Crippen LogP contribution in [0.5, 0.6) is 5.75 Å². The zero-order chi connectivity index (χ0) is 22.9. The zero-order valence-corrected chi connectivity index (χ0v) is 17.5. The molecule has 0 unspecified atom stereocenters. The van der Waals surface area contributed by atoms with Crippen molar-refractivity contribution in [2.45, 2.75) is 6.54 Å². The van der Waals surface area contributed by atoms with E-state index in [4.69, 9.17) is 9.15 Å². The van der Waals surface area contributed by atoms with E-state index in [-0.39, 0.29) is 18.1 Å². The van der Waals surface area contributed by atoms with Gasteiger partial charge in [-0.05, 0) is 23.8 Å². The molecular weight excluding hydrogens is 424 g/mol. The summed E-state index contributed by atoms with van der Waals surface area (Å²) in [5.41, 5.74) is 2.82. The highest BCUT2D eigenvalue weighted by Gasteiger charge is 2.18. The number of ether oxygens (including phenoxy) is 1. The van der Waals surface area contributed by atoms with Crippen molar-refractivity contribution in [2.75, 3.05) is 12.4 Å². The molecular formula is C24H18N4O5. The third-order valence-corrected chi connectivity index (χ3v) is 5.37. The molecule has 0 bridgehead atoms. The van der Waals surface area contributed by atoms with Gasteiger partial charge in [-0.25, -0.2) is 0 Å². The van der Waals surface area contributed by atoms with Gasteiger partial charge in [0.1, 0.15) is 29.3 Å². The summed E-state index contributed by atoms with van der Waals surface area (Å²) in [6.07, 6.45) is 2.50. The SMILES string of the molecule is COc1cc2c(cc1NC(=O)c1ccccc1Cn1cc([N+](=O)[O-])cn1)oc1ccccc12. The highest BCUT2D eigenvalue weighted by molar-refractivity contribution is 6.10. The van der Waals surface area contributed by atoms with Crippen LogP contribution in [-0.4, -0.2) is 27.7 Å². The van der Waals surface area contributed by atoms with Crippen molar-refractivity contribution >= 4 is 39.2 Å². The number of methoxy groups -OCH3 is 1. The van der Waals surface area contributed by atoms with Gasteiger partial charge in [0.2, 0.25) is 0 Å². The van der Waals surface area contributed by atoms with Crippen molar-refractivity contribution in [3.05, 3.63) is 94.3 Å². The van der Waals surface area contributed by atoms with Gasteiger partial charge in [-0.15, -0.1) is 0 Å². The minimum Gasteiger partial charge on any atom is -0.495 e. The predicted octanol–water partition coefficient (Wildman–Crippen LogP) is 5.00. The van der Waals surface area contributed by atoms with Crippen molar-refractivity contribution in [1.29, 1.82) is 0 Å². The summed E-state index contributed by atoms with van der Waals surface area (Å²) in [4.78, 5) is 23.6. The van der Waals surface area contributed by atoms with E-state index in [9.17, 15) is 14.9 Å². The van der Waals surface area contributed by atoms with E-state index in [1.54, 1.807) is 30.3 Å². The van der Waals surface area contributed by atoms with Crippen LogP contribution in [0.3, 0.4) is 0 Å². The topological polar surface area (TPSA) is 112 Å². The van der Waals surface area contributed by atoms with Crippen molar-refractivity contribution in [3.8, 4) is 5.75 Å². The second-order valence-electron chi connectivity index (χ2n) is 7.41. The van der Waals surface area contributed by atoms with E-state index in [1.165, 1.54) is 24.2 Å². The number of benzene rings is 3. The molecule has 0 radical (unpaired) electrons. The Bertz CT molecular complexity index is 1520. The largest absolute Gasteiger partial charge is 0.495 e. The van der Waals surface area contributed by atoms with E-state index in [0.717, 1.165) is 16.4 Å². The van der Waals surface area contributed by atoms with Gasteiger partial charge in [0, 0.05) is 22.4 Å². The van der Waals surface area contributed by atoms with Gasteiger partial charge < -0.3 is 14.5 Å². The molecule has 3 aromatic carbocycles. The summed E-state index contributed by atoms with van der Waals surface area (Å²) in [7, 11) is 1.54. The lowest BCUT2D eigenvalue weighted by Gasteiger charge is -2.13. The average Bonchev–Trinajstić information content (AvgIpc) is 3.43. The minimum absolute atomic E-state index is 0.110. The molecule has 5 rings (SSSR count). The molecule has 9 nitrogen and oxygen atoms in total. The monoisotopic (exact) mass is 442 g/mol. The lowest BCUT2D eigenvalue weighted by molar-refractivity contribution is -0.385. The Morgan fingerprint density at radius 2 is 1.91 bits per heavy atom. The Balaban J connectivity index is 1.47. The number of carbonyl (C=O) groups is 1. The summed E-state index contributed by atoms with van der Waals surface area (Å²) in [6, 6.07) is 18.3. The number of carbonyl (C=O) groups excluding carboxylic acids is 1. The molecule has 164 valence electrons. The van der Waals surface area contributed by atoms with Crippen LogP contribution >= 0.6 is 0 Å². The first-order valence-corrected chi connectivity index (χ1v) is 10.1. The maximum absolute atomic E-state index is 13.2. The first kappa shape index (κ1) is 20.3. The second-order valence-corrected chi connectivity index (χ2v) is 7.41. The predicted molar refractivity (Wildman–Crippen MR) is 123 cm³/mol. The Kier molecular flexibility index (Phi) is 4.98.